The molecule has 0 radical (unpaired) electrons. The molecular weight excluding hydrogens is 310 g/mol. The van der Waals surface area contributed by atoms with E-state index in [2.05, 4.69) is 18.8 Å². The van der Waals surface area contributed by atoms with Gasteiger partial charge in [-0.2, -0.15) is 0 Å². The molecule has 0 saturated carbocycles. The van der Waals surface area contributed by atoms with Gasteiger partial charge in [-0.05, 0) is 24.7 Å². The molecule has 1 fully saturated rings. The fourth-order valence-corrected chi connectivity index (χ4v) is 4.90. The highest BCUT2D eigenvalue weighted by molar-refractivity contribution is 7.99. The molecule has 23 heavy (non-hydrogen) atoms. The number of fused-ring (bicyclic) bond motifs is 1. The second-order valence-corrected chi connectivity index (χ2v) is 7.99. The average molecular weight is 335 g/mol. The topological polar surface area (TPSA) is 55.2 Å². The zero-order valence-electron chi connectivity index (χ0n) is 14.1. The quantitative estimate of drug-likeness (QED) is 0.796. The lowest BCUT2D eigenvalue weighted by molar-refractivity contribution is -0.134. The molecular formula is C17H25N3O2S. The Bertz CT molecular complexity index is 648. The monoisotopic (exact) mass is 335 g/mol. The molecule has 6 heteroatoms. The zero-order chi connectivity index (χ0) is 16.6. The third kappa shape index (κ3) is 3.47. The van der Waals surface area contributed by atoms with Crippen LogP contribution in [0.1, 0.15) is 45.3 Å². The summed E-state index contributed by atoms with van der Waals surface area (Å²) in [4.78, 5) is 31.5. The van der Waals surface area contributed by atoms with Crippen molar-refractivity contribution < 1.29 is 4.79 Å². The molecule has 126 valence electrons. The Balaban J connectivity index is 1.74. The molecule has 1 aromatic heterocycles. The predicted molar refractivity (Wildman–Crippen MR) is 91.8 cm³/mol. The van der Waals surface area contributed by atoms with Gasteiger partial charge < -0.3 is 4.90 Å². The van der Waals surface area contributed by atoms with Crippen molar-refractivity contribution in [3.8, 4) is 0 Å². The van der Waals surface area contributed by atoms with E-state index < -0.39 is 0 Å². The Kier molecular flexibility index (Phi) is 4.80. The maximum atomic E-state index is 12.7. The van der Waals surface area contributed by atoms with Gasteiger partial charge in [0.15, 0.2) is 5.16 Å². The maximum absolute atomic E-state index is 12.7. The highest BCUT2D eigenvalue weighted by Crippen LogP contribution is 2.33. The van der Waals surface area contributed by atoms with Crippen LogP contribution in [-0.2, 0) is 11.2 Å². The second kappa shape index (κ2) is 6.67. The van der Waals surface area contributed by atoms with Crippen LogP contribution < -0.4 is 5.56 Å². The van der Waals surface area contributed by atoms with E-state index in [1.807, 2.05) is 11.8 Å². The van der Waals surface area contributed by atoms with Gasteiger partial charge in [-0.25, -0.2) is 4.98 Å². The minimum Gasteiger partial charge on any atom is -0.342 e. The summed E-state index contributed by atoms with van der Waals surface area (Å²) in [7, 11) is 0. The van der Waals surface area contributed by atoms with Gasteiger partial charge in [0, 0.05) is 37.0 Å². The number of nitrogens with zero attached hydrogens (tertiary/aromatic N) is 3. The number of carbonyl (C=O) groups is 1. The Morgan fingerprint density at radius 3 is 2.70 bits per heavy atom. The molecule has 1 saturated heterocycles. The number of aryl methyl sites for hydroxylation is 1. The van der Waals surface area contributed by atoms with Crippen molar-refractivity contribution in [3.05, 3.63) is 22.1 Å². The molecule has 0 aliphatic carbocycles. The van der Waals surface area contributed by atoms with Crippen molar-refractivity contribution in [2.45, 2.75) is 51.2 Å². The molecule has 3 rings (SSSR count). The summed E-state index contributed by atoms with van der Waals surface area (Å²) in [6.45, 7) is 8.10. The van der Waals surface area contributed by atoms with Crippen molar-refractivity contribution in [1.29, 1.82) is 0 Å². The largest absolute Gasteiger partial charge is 0.342 e. The first kappa shape index (κ1) is 16.6. The van der Waals surface area contributed by atoms with E-state index in [9.17, 15) is 9.59 Å². The lowest BCUT2D eigenvalue weighted by Crippen LogP contribution is -2.43. The Morgan fingerprint density at radius 2 is 2.04 bits per heavy atom. The van der Waals surface area contributed by atoms with E-state index in [0.717, 1.165) is 36.1 Å². The van der Waals surface area contributed by atoms with E-state index in [1.54, 1.807) is 22.4 Å². The van der Waals surface area contributed by atoms with Crippen molar-refractivity contribution in [2.24, 2.45) is 11.8 Å². The van der Waals surface area contributed by atoms with E-state index in [-0.39, 0.29) is 17.5 Å². The van der Waals surface area contributed by atoms with Crippen LogP contribution >= 0.6 is 11.8 Å². The molecule has 0 spiro atoms. The zero-order valence-corrected chi connectivity index (χ0v) is 14.9. The van der Waals surface area contributed by atoms with Crippen LogP contribution in [0.25, 0.3) is 0 Å². The standard InChI is InChI=1S/C17H25N3O2S/c1-4-13-6-16(22)20-14(10-23-17(20)18-13)7-15(21)19-8-11(2)5-12(3)9-19/h6,11-12,14H,4-5,7-10H2,1-3H3. The molecule has 3 heterocycles. The van der Waals surface area contributed by atoms with Crippen molar-refractivity contribution in [2.75, 3.05) is 18.8 Å². The summed E-state index contributed by atoms with van der Waals surface area (Å²) in [5.41, 5.74) is 0.814. The van der Waals surface area contributed by atoms with E-state index in [1.165, 1.54) is 6.42 Å². The summed E-state index contributed by atoms with van der Waals surface area (Å²) in [6, 6.07) is 1.55. The molecule has 3 atom stereocenters. The third-order valence-corrected chi connectivity index (χ3v) is 5.83. The number of hydrogen-bond acceptors (Lipinski definition) is 4. The number of thioether (sulfide) groups is 1. The number of rotatable bonds is 3. The van der Waals surface area contributed by atoms with Crippen molar-refractivity contribution in [3.63, 3.8) is 0 Å². The fourth-order valence-electron chi connectivity index (χ4n) is 3.73. The van der Waals surface area contributed by atoms with Gasteiger partial charge in [-0.1, -0.05) is 32.5 Å². The highest BCUT2D eigenvalue weighted by Gasteiger charge is 2.31. The number of likely N-dealkylation sites (tertiary alicyclic amines) is 1. The summed E-state index contributed by atoms with van der Waals surface area (Å²) >= 11 is 1.59. The Morgan fingerprint density at radius 1 is 1.35 bits per heavy atom. The fraction of sp³-hybridized carbons (Fsp3) is 0.706. The highest BCUT2D eigenvalue weighted by atomic mass is 32.2. The molecule has 1 amide bonds. The summed E-state index contributed by atoms with van der Waals surface area (Å²) in [5, 5.41) is 0.771. The summed E-state index contributed by atoms with van der Waals surface area (Å²) < 4.78 is 1.72. The molecule has 2 aliphatic rings. The SMILES string of the molecule is CCc1cc(=O)n2c(n1)SCC2CC(=O)N1CC(C)CC(C)C1. The Labute approximate surface area is 141 Å². The van der Waals surface area contributed by atoms with Crippen LogP contribution in [0.3, 0.4) is 0 Å². The van der Waals surface area contributed by atoms with Crippen LogP contribution in [0.15, 0.2) is 16.0 Å². The molecule has 0 bridgehead atoms. The number of piperidine rings is 1. The molecule has 5 nitrogen and oxygen atoms in total. The minimum absolute atomic E-state index is 0.0185. The molecule has 1 aromatic rings. The van der Waals surface area contributed by atoms with E-state index in [4.69, 9.17) is 0 Å². The van der Waals surface area contributed by atoms with Crippen molar-refractivity contribution in [1.82, 2.24) is 14.5 Å². The van der Waals surface area contributed by atoms with Crippen molar-refractivity contribution >= 4 is 17.7 Å². The lowest BCUT2D eigenvalue weighted by Gasteiger charge is -2.35. The van der Waals surface area contributed by atoms with Gasteiger partial charge in [0.25, 0.3) is 5.56 Å². The van der Waals surface area contributed by atoms with E-state index >= 15 is 0 Å². The summed E-state index contributed by atoms with van der Waals surface area (Å²) in [5.74, 6) is 2.06. The van der Waals surface area contributed by atoms with Crippen LogP contribution in [0.4, 0.5) is 0 Å². The average Bonchev–Trinajstić information content (AvgIpc) is 2.89. The van der Waals surface area contributed by atoms with Gasteiger partial charge in [0.1, 0.15) is 0 Å². The van der Waals surface area contributed by atoms with Crippen LogP contribution in [0.2, 0.25) is 0 Å². The van der Waals surface area contributed by atoms with Gasteiger partial charge in [-0.3, -0.25) is 14.2 Å². The molecule has 0 aromatic carbocycles. The van der Waals surface area contributed by atoms with Crippen LogP contribution in [0, 0.1) is 11.8 Å². The van der Waals surface area contributed by atoms with Crippen LogP contribution in [0.5, 0.6) is 0 Å². The number of aromatic nitrogens is 2. The smallest absolute Gasteiger partial charge is 0.254 e. The number of carbonyl (C=O) groups excluding carboxylic acids is 1. The minimum atomic E-state index is -0.0547. The van der Waals surface area contributed by atoms with Crippen LogP contribution in [-0.4, -0.2) is 39.2 Å². The first-order valence-corrected chi connectivity index (χ1v) is 9.49. The third-order valence-electron chi connectivity index (χ3n) is 4.74. The maximum Gasteiger partial charge on any atom is 0.254 e. The first-order chi connectivity index (χ1) is 11.0. The van der Waals surface area contributed by atoms with Gasteiger partial charge in [0.2, 0.25) is 5.91 Å². The second-order valence-electron chi connectivity index (χ2n) is 7.01. The number of amides is 1. The van der Waals surface area contributed by atoms with Gasteiger partial charge in [0.05, 0.1) is 6.04 Å². The molecule has 2 aliphatic heterocycles. The first-order valence-electron chi connectivity index (χ1n) is 8.51. The van der Waals surface area contributed by atoms with Gasteiger partial charge in [-0.15, -0.1) is 0 Å². The summed E-state index contributed by atoms with van der Waals surface area (Å²) in [6.07, 6.45) is 2.36. The normalized spacial score (nSPS) is 27.1. The Hall–Kier alpha value is -1.30. The lowest BCUT2D eigenvalue weighted by atomic mass is 9.91. The number of hydrogen-bond donors (Lipinski definition) is 0. The predicted octanol–water partition coefficient (Wildman–Crippen LogP) is 2.35. The van der Waals surface area contributed by atoms with E-state index in [0.29, 0.717) is 18.3 Å². The molecule has 0 N–H and O–H groups in total. The molecule has 3 unspecified atom stereocenters. The van der Waals surface area contributed by atoms with Gasteiger partial charge >= 0.3 is 0 Å².